The summed E-state index contributed by atoms with van der Waals surface area (Å²) in [6, 6.07) is 1.31. The zero-order chi connectivity index (χ0) is 19.2. The Kier molecular flexibility index (Phi) is 4.63. The molecule has 0 bridgehead atoms. The van der Waals surface area contributed by atoms with E-state index in [2.05, 4.69) is 11.7 Å². The Labute approximate surface area is 151 Å². The summed E-state index contributed by atoms with van der Waals surface area (Å²) < 4.78 is 16.4. The van der Waals surface area contributed by atoms with E-state index >= 15 is 0 Å². The van der Waals surface area contributed by atoms with Crippen LogP contribution in [0.1, 0.15) is 31.7 Å². The normalized spacial score (nSPS) is 23.0. The second kappa shape index (κ2) is 6.61. The second-order valence-electron chi connectivity index (χ2n) is 7.06. The largest absolute Gasteiger partial charge is 0.507 e. The van der Waals surface area contributed by atoms with Crippen LogP contribution in [0.4, 0.5) is 4.39 Å². The predicted octanol–water partition coefficient (Wildman–Crippen LogP) is 3.62. The number of aliphatic hydroxyl groups excluding tert-OH is 1. The Hall–Kier alpha value is -2.60. The molecule has 0 fully saturated rings. The van der Waals surface area contributed by atoms with Crippen LogP contribution in [0.2, 0.25) is 0 Å². The molecule has 1 aromatic carbocycles. The molecule has 138 valence electrons. The molecule has 0 unspecified atom stereocenters. The number of phenolic OH excluding ortho intramolecular Hbond substituents is 2. The maximum Gasteiger partial charge on any atom is 0.173 e. The van der Waals surface area contributed by atoms with Crippen LogP contribution in [0.15, 0.2) is 42.3 Å². The van der Waals surface area contributed by atoms with E-state index < -0.39 is 23.6 Å². The highest BCUT2D eigenvalue weighted by atomic mass is 19.1. The van der Waals surface area contributed by atoms with Gasteiger partial charge in [0.25, 0.3) is 0 Å². The van der Waals surface area contributed by atoms with Crippen molar-refractivity contribution in [1.29, 1.82) is 0 Å². The lowest BCUT2D eigenvalue weighted by Crippen LogP contribution is -2.26. The average molecular weight is 358 g/mol. The molecule has 6 heteroatoms. The molecule has 1 heterocycles. The van der Waals surface area contributed by atoms with Gasteiger partial charge in [0.05, 0.1) is 12.3 Å². The van der Waals surface area contributed by atoms with Crippen LogP contribution < -0.4 is 0 Å². The highest BCUT2D eigenvalue weighted by Gasteiger charge is 2.35. The Bertz CT molecular complexity index is 901. The highest BCUT2D eigenvalue weighted by Crippen LogP contribution is 2.48. The van der Waals surface area contributed by atoms with Gasteiger partial charge in [-0.05, 0) is 37.8 Å². The number of rotatable bonds is 3. The van der Waals surface area contributed by atoms with E-state index in [0.29, 0.717) is 12.0 Å². The first-order valence-corrected chi connectivity index (χ1v) is 8.45. The van der Waals surface area contributed by atoms with Crippen molar-refractivity contribution in [1.82, 2.24) is 9.78 Å². The summed E-state index contributed by atoms with van der Waals surface area (Å²) in [5.41, 5.74) is 2.19. The minimum absolute atomic E-state index is 0.0836. The average Bonchev–Trinajstić information content (AvgIpc) is 3.00. The topological polar surface area (TPSA) is 78.5 Å². The van der Waals surface area contributed by atoms with Crippen LogP contribution in [0.3, 0.4) is 0 Å². The highest BCUT2D eigenvalue weighted by molar-refractivity contribution is 5.69. The molecule has 3 atom stereocenters. The van der Waals surface area contributed by atoms with Crippen molar-refractivity contribution in [2.45, 2.75) is 32.3 Å². The number of hydrogen-bond donors (Lipinski definition) is 3. The lowest BCUT2D eigenvalue weighted by molar-refractivity contribution is 0.168. The smallest absolute Gasteiger partial charge is 0.173 e. The van der Waals surface area contributed by atoms with Gasteiger partial charge in [0.1, 0.15) is 5.75 Å². The van der Waals surface area contributed by atoms with Crippen molar-refractivity contribution in [2.24, 2.45) is 13.0 Å². The predicted molar refractivity (Wildman–Crippen MR) is 97.4 cm³/mol. The number of aromatic hydroxyl groups is 2. The third-order valence-corrected chi connectivity index (χ3v) is 5.12. The maximum absolute atomic E-state index is 14.9. The fourth-order valence-electron chi connectivity index (χ4n) is 3.62. The van der Waals surface area contributed by atoms with Gasteiger partial charge < -0.3 is 15.3 Å². The van der Waals surface area contributed by atoms with Crippen LogP contribution >= 0.6 is 0 Å². The number of phenols is 2. The fraction of sp³-hybridized carbons (Fsp3) is 0.350. The number of hydrogen-bond acceptors (Lipinski definition) is 4. The molecule has 0 spiro atoms. The third-order valence-electron chi connectivity index (χ3n) is 5.12. The number of nitrogens with zero attached hydrogens (tertiary/aromatic N) is 2. The Morgan fingerprint density at radius 2 is 2.08 bits per heavy atom. The first kappa shape index (κ1) is 18.2. The molecule has 0 aliphatic heterocycles. The minimum Gasteiger partial charge on any atom is -0.507 e. The van der Waals surface area contributed by atoms with E-state index in [9.17, 15) is 19.7 Å². The molecular formula is C20H23FN2O3. The molecule has 3 rings (SSSR count). The molecule has 3 N–H and O–H groups in total. The van der Waals surface area contributed by atoms with Gasteiger partial charge in [-0.25, -0.2) is 4.39 Å². The van der Waals surface area contributed by atoms with E-state index in [1.54, 1.807) is 26.2 Å². The second-order valence-corrected chi connectivity index (χ2v) is 7.06. The van der Waals surface area contributed by atoms with Gasteiger partial charge >= 0.3 is 0 Å². The quantitative estimate of drug-likeness (QED) is 0.732. The van der Waals surface area contributed by atoms with Crippen molar-refractivity contribution in [2.75, 3.05) is 0 Å². The zero-order valence-electron chi connectivity index (χ0n) is 15.1. The molecule has 1 aliphatic carbocycles. The lowest BCUT2D eigenvalue weighted by atomic mass is 9.72. The minimum atomic E-state index is -0.802. The Morgan fingerprint density at radius 1 is 1.38 bits per heavy atom. The van der Waals surface area contributed by atoms with Crippen molar-refractivity contribution in [3.05, 3.63) is 53.6 Å². The van der Waals surface area contributed by atoms with Crippen LogP contribution in [0.25, 0.3) is 11.1 Å². The molecule has 0 saturated heterocycles. The number of aryl methyl sites for hydroxylation is 1. The third kappa shape index (κ3) is 3.01. The van der Waals surface area contributed by atoms with Crippen molar-refractivity contribution < 1.29 is 19.7 Å². The number of aromatic nitrogens is 2. The van der Waals surface area contributed by atoms with Crippen molar-refractivity contribution >= 4 is 0 Å². The van der Waals surface area contributed by atoms with Gasteiger partial charge in [-0.3, -0.25) is 4.68 Å². The van der Waals surface area contributed by atoms with Crippen LogP contribution in [0, 0.1) is 11.7 Å². The molecule has 0 radical (unpaired) electrons. The summed E-state index contributed by atoms with van der Waals surface area (Å²) in [4.78, 5) is 0. The standard InChI is InChI=1S/C20H23FN2O3/c1-10(2)13-6-16(24)11(3)5-15(13)18-17(25)7-14(19(21)20(18)26)12-8-22-23(4)9-12/h5,7-9,13,15-16,24-26H,1,6H2,2-4H3/t13-,15+,16-/m0/s1. The lowest BCUT2D eigenvalue weighted by Gasteiger charge is -2.34. The molecule has 1 aliphatic rings. The van der Waals surface area contributed by atoms with E-state index in [0.717, 1.165) is 11.1 Å². The molecule has 0 saturated carbocycles. The van der Waals surface area contributed by atoms with Crippen LogP contribution in [-0.4, -0.2) is 31.2 Å². The molecular weight excluding hydrogens is 335 g/mol. The van der Waals surface area contributed by atoms with Crippen molar-refractivity contribution in [3.63, 3.8) is 0 Å². The maximum atomic E-state index is 14.9. The zero-order valence-corrected chi connectivity index (χ0v) is 15.1. The molecule has 0 amide bonds. The first-order chi connectivity index (χ1) is 12.2. The Balaban J connectivity index is 2.16. The fourth-order valence-corrected chi connectivity index (χ4v) is 3.62. The van der Waals surface area contributed by atoms with E-state index in [1.807, 2.05) is 6.92 Å². The summed E-state index contributed by atoms with van der Waals surface area (Å²) in [5, 5.41) is 35.3. The summed E-state index contributed by atoms with van der Waals surface area (Å²) >= 11 is 0. The summed E-state index contributed by atoms with van der Waals surface area (Å²) in [7, 11) is 1.70. The number of benzene rings is 1. The summed E-state index contributed by atoms with van der Waals surface area (Å²) in [6.07, 6.45) is 4.64. The molecule has 1 aromatic heterocycles. The van der Waals surface area contributed by atoms with Gasteiger partial charge in [0.2, 0.25) is 0 Å². The molecule has 26 heavy (non-hydrogen) atoms. The van der Waals surface area contributed by atoms with E-state index in [1.165, 1.54) is 16.9 Å². The monoisotopic (exact) mass is 358 g/mol. The Morgan fingerprint density at radius 3 is 2.65 bits per heavy atom. The molecule has 2 aromatic rings. The first-order valence-electron chi connectivity index (χ1n) is 8.45. The number of halogens is 1. The van der Waals surface area contributed by atoms with Gasteiger partial charge in [0, 0.05) is 35.9 Å². The van der Waals surface area contributed by atoms with Gasteiger partial charge in [-0.1, -0.05) is 18.2 Å². The van der Waals surface area contributed by atoms with Crippen molar-refractivity contribution in [3.8, 4) is 22.6 Å². The number of aliphatic hydroxyl groups is 1. The van der Waals surface area contributed by atoms with Gasteiger partial charge in [-0.2, -0.15) is 5.10 Å². The van der Waals surface area contributed by atoms with E-state index in [-0.39, 0.29) is 22.8 Å². The van der Waals surface area contributed by atoms with Crippen LogP contribution in [0.5, 0.6) is 11.5 Å². The van der Waals surface area contributed by atoms with Gasteiger partial charge in [-0.15, -0.1) is 0 Å². The van der Waals surface area contributed by atoms with Crippen LogP contribution in [-0.2, 0) is 7.05 Å². The van der Waals surface area contributed by atoms with E-state index in [4.69, 9.17) is 0 Å². The SMILES string of the molecule is C=C(C)[C@@H]1C[C@H](O)C(C)=C[C@H]1c1c(O)cc(-c2cnn(C)c2)c(F)c1O. The van der Waals surface area contributed by atoms with Gasteiger partial charge in [0.15, 0.2) is 11.6 Å². The molecule has 5 nitrogen and oxygen atoms in total. The summed E-state index contributed by atoms with van der Waals surface area (Å²) in [5.74, 6) is -2.26. The number of allylic oxidation sites excluding steroid dienone is 2. The summed E-state index contributed by atoms with van der Waals surface area (Å²) in [6.45, 7) is 7.56.